The van der Waals surface area contributed by atoms with E-state index in [-0.39, 0.29) is 0 Å². The molecule has 0 aliphatic rings. The number of thioether (sulfide) groups is 1. The fourth-order valence-electron chi connectivity index (χ4n) is 2.27. The fraction of sp³-hybridized carbons (Fsp3) is 0.333. The third-order valence-electron chi connectivity index (χ3n) is 3.35. The van der Waals surface area contributed by atoms with Gasteiger partial charge in [-0.3, -0.25) is 4.98 Å². The molecule has 0 spiro atoms. The van der Waals surface area contributed by atoms with Gasteiger partial charge >= 0.3 is 0 Å². The van der Waals surface area contributed by atoms with Crippen LogP contribution in [0.15, 0.2) is 42.1 Å². The molecule has 0 aliphatic carbocycles. The van der Waals surface area contributed by atoms with E-state index in [2.05, 4.69) is 29.8 Å². The predicted octanol–water partition coefficient (Wildman–Crippen LogP) is 2.12. The van der Waals surface area contributed by atoms with E-state index < -0.39 is 0 Å². The van der Waals surface area contributed by atoms with Gasteiger partial charge in [-0.1, -0.05) is 6.07 Å². The highest BCUT2D eigenvalue weighted by Gasteiger charge is 2.08. The molecule has 7 heteroatoms. The Morgan fingerprint density at radius 3 is 2.95 bits per heavy atom. The van der Waals surface area contributed by atoms with Gasteiger partial charge in [-0.05, 0) is 31.4 Å². The summed E-state index contributed by atoms with van der Waals surface area (Å²) in [6, 6.07) is 5.96. The van der Waals surface area contributed by atoms with Gasteiger partial charge < -0.3 is 9.88 Å². The van der Waals surface area contributed by atoms with Crippen molar-refractivity contribution >= 4 is 22.9 Å². The molecule has 0 atom stereocenters. The van der Waals surface area contributed by atoms with Crippen LogP contribution in [0.5, 0.6) is 0 Å². The molecule has 0 aliphatic heterocycles. The van der Waals surface area contributed by atoms with Crippen LogP contribution in [0, 0.1) is 0 Å². The summed E-state index contributed by atoms with van der Waals surface area (Å²) >= 11 is 1.59. The number of nitrogens with zero attached hydrogens (tertiary/aromatic N) is 5. The number of fused-ring (bicyclic) bond motifs is 1. The van der Waals surface area contributed by atoms with Crippen molar-refractivity contribution in [1.82, 2.24) is 29.8 Å². The van der Waals surface area contributed by atoms with Crippen LogP contribution in [0.25, 0.3) is 11.2 Å². The summed E-state index contributed by atoms with van der Waals surface area (Å²) in [6.45, 7) is 2.61. The van der Waals surface area contributed by atoms with Crippen molar-refractivity contribution < 1.29 is 0 Å². The van der Waals surface area contributed by atoms with Crippen molar-refractivity contribution in [1.29, 1.82) is 0 Å². The first-order valence-electron chi connectivity index (χ1n) is 7.19. The molecule has 6 nitrogen and oxygen atoms in total. The summed E-state index contributed by atoms with van der Waals surface area (Å²) in [4.78, 5) is 17.3. The summed E-state index contributed by atoms with van der Waals surface area (Å²) < 4.78 is 2.08. The second kappa shape index (κ2) is 7.33. The lowest BCUT2D eigenvalue weighted by Crippen LogP contribution is -2.17. The third kappa shape index (κ3) is 3.42. The Labute approximate surface area is 133 Å². The van der Waals surface area contributed by atoms with Crippen LogP contribution in [-0.2, 0) is 13.1 Å². The average Bonchev–Trinajstić information content (AvgIpc) is 2.99. The van der Waals surface area contributed by atoms with Crippen LogP contribution in [0.1, 0.15) is 12.1 Å². The summed E-state index contributed by atoms with van der Waals surface area (Å²) in [5, 5.41) is 4.33. The number of hydrogen-bond acceptors (Lipinski definition) is 6. The quantitative estimate of drug-likeness (QED) is 0.409. The molecule has 22 heavy (non-hydrogen) atoms. The lowest BCUT2D eigenvalue weighted by atomic mass is 10.3. The van der Waals surface area contributed by atoms with Crippen molar-refractivity contribution in [2.24, 2.45) is 0 Å². The first kappa shape index (κ1) is 14.9. The molecule has 0 aromatic carbocycles. The van der Waals surface area contributed by atoms with E-state index in [4.69, 9.17) is 0 Å². The number of aromatic nitrogens is 5. The normalized spacial score (nSPS) is 11.1. The molecular weight excluding hydrogens is 296 g/mol. The summed E-state index contributed by atoms with van der Waals surface area (Å²) in [5.41, 5.74) is 2.86. The van der Waals surface area contributed by atoms with Crippen LogP contribution >= 0.6 is 11.8 Å². The van der Waals surface area contributed by atoms with Crippen molar-refractivity contribution in [2.45, 2.75) is 24.5 Å². The van der Waals surface area contributed by atoms with Crippen molar-refractivity contribution in [2.75, 3.05) is 12.8 Å². The highest BCUT2D eigenvalue weighted by Crippen LogP contribution is 2.20. The van der Waals surface area contributed by atoms with E-state index in [1.165, 1.54) is 0 Å². The van der Waals surface area contributed by atoms with Gasteiger partial charge in [0, 0.05) is 19.3 Å². The first-order valence-corrected chi connectivity index (χ1v) is 8.41. The van der Waals surface area contributed by atoms with E-state index in [0.29, 0.717) is 0 Å². The number of hydrogen-bond donors (Lipinski definition) is 1. The van der Waals surface area contributed by atoms with Gasteiger partial charge in [-0.15, -0.1) is 11.8 Å². The van der Waals surface area contributed by atoms with E-state index >= 15 is 0 Å². The maximum absolute atomic E-state index is 4.42. The summed E-state index contributed by atoms with van der Waals surface area (Å²) in [6.07, 6.45) is 8.28. The number of rotatable bonds is 7. The molecule has 114 valence electrons. The molecule has 3 rings (SSSR count). The van der Waals surface area contributed by atoms with Crippen molar-refractivity contribution in [3.63, 3.8) is 0 Å². The summed E-state index contributed by atoms with van der Waals surface area (Å²) in [7, 11) is 0. The molecule has 0 amide bonds. The van der Waals surface area contributed by atoms with E-state index in [1.54, 1.807) is 18.1 Å². The molecule has 0 fully saturated rings. The minimum atomic E-state index is 0.796. The maximum atomic E-state index is 4.42. The molecular formula is C15H18N6S. The monoisotopic (exact) mass is 314 g/mol. The zero-order chi connectivity index (χ0) is 15.2. The van der Waals surface area contributed by atoms with Gasteiger partial charge in [-0.2, -0.15) is 0 Å². The van der Waals surface area contributed by atoms with Gasteiger partial charge in [0.1, 0.15) is 16.9 Å². The largest absolute Gasteiger partial charge is 0.315 e. The lowest BCUT2D eigenvalue weighted by molar-refractivity contribution is 0.582. The Morgan fingerprint density at radius 2 is 2.14 bits per heavy atom. The Balaban J connectivity index is 1.52. The van der Waals surface area contributed by atoms with Gasteiger partial charge in [0.25, 0.3) is 0 Å². The van der Waals surface area contributed by atoms with Gasteiger partial charge in [0.15, 0.2) is 5.65 Å². The van der Waals surface area contributed by atoms with Crippen LogP contribution < -0.4 is 5.32 Å². The van der Waals surface area contributed by atoms with Crippen molar-refractivity contribution in [3.05, 3.63) is 42.7 Å². The van der Waals surface area contributed by atoms with E-state index in [0.717, 1.165) is 47.9 Å². The van der Waals surface area contributed by atoms with E-state index in [1.807, 2.05) is 37.0 Å². The fourth-order valence-corrected chi connectivity index (χ4v) is 2.76. The number of pyridine rings is 1. The second-order valence-corrected chi connectivity index (χ2v) is 5.64. The van der Waals surface area contributed by atoms with Gasteiger partial charge in [-0.25, -0.2) is 15.0 Å². The van der Waals surface area contributed by atoms with Gasteiger partial charge in [0.2, 0.25) is 0 Å². The third-order valence-corrected chi connectivity index (χ3v) is 4.03. The molecule has 1 N–H and O–H groups in total. The average molecular weight is 314 g/mol. The molecule has 0 radical (unpaired) electrons. The molecule has 3 aromatic rings. The Morgan fingerprint density at radius 1 is 1.18 bits per heavy atom. The number of nitrogens with one attached hydrogen (secondary N) is 1. The zero-order valence-corrected chi connectivity index (χ0v) is 13.3. The molecule has 3 aromatic heterocycles. The summed E-state index contributed by atoms with van der Waals surface area (Å²) in [5.74, 6) is 0. The Hall–Kier alpha value is -1.99. The molecule has 0 saturated heterocycles. The predicted molar refractivity (Wildman–Crippen MR) is 87.7 cm³/mol. The number of imidazole rings is 1. The standard InChI is InChI=1S/C15H18N6S/c1-22-15-13-14(18-10-19-15)21(11-20-13)8-4-6-16-9-12-5-2-3-7-17-12/h2-3,5,7,10-11,16H,4,6,8-9H2,1H3. The molecule has 0 unspecified atom stereocenters. The highest BCUT2D eigenvalue weighted by atomic mass is 32.2. The second-order valence-electron chi connectivity index (χ2n) is 4.84. The first-order chi connectivity index (χ1) is 10.9. The van der Waals surface area contributed by atoms with Crippen LogP contribution in [-0.4, -0.2) is 37.3 Å². The highest BCUT2D eigenvalue weighted by molar-refractivity contribution is 7.98. The molecule has 0 saturated carbocycles. The van der Waals surface area contributed by atoms with Crippen LogP contribution in [0.2, 0.25) is 0 Å². The van der Waals surface area contributed by atoms with Gasteiger partial charge in [0.05, 0.1) is 12.0 Å². The zero-order valence-electron chi connectivity index (χ0n) is 12.4. The van der Waals surface area contributed by atoms with Crippen molar-refractivity contribution in [3.8, 4) is 0 Å². The maximum Gasteiger partial charge on any atom is 0.164 e. The van der Waals surface area contributed by atoms with Crippen LogP contribution in [0.3, 0.4) is 0 Å². The minimum absolute atomic E-state index is 0.796. The molecule has 3 heterocycles. The number of aryl methyl sites for hydroxylation is 1. The topological polar surface area (TPSA) is 68.5 Å². The Bertz CT molecular complexity index is 727. The van der Waals surface area contributed by atoms with Crippen LogP contribution in [0.4, 0.5) is 0 Å². The Kier molecular flexibility index (Phi) is 4.97. The lowest BCUT2D eigenvalue weighted by Gasteiger charge is -2.06. The molecule has 0 bridgehead atoms. The minimum Gasteiger partial charge on any atom is -0.315 e. The smallest absolute Gasteiger partial charge is 0.164 e. The van der Waals surface area contributed by atoms with E-state index in [9.17, 15) is 0 Å². The SMILES string of the molecule is CSc1ncnc2c1ncn2CCCNCc1ccccn1.